The molecule has 6 nitrogen and oxygen atoms in total. The molecule has 0 rings (SSSR count). The molecule has 0 saturated carbocycles. The second-order valence-corrected chi connectivity index (χ2v) is 21.0. The van der Waals surface area contributed by atoms with Gasteiger partial charge in [-0.2, -0.15) is 0 Å². The number of hydrogen-bond donors (Lipinski definition) is 3. The van der Waals surface area contributed by atoms with Crippen LogP contribution in [0.15, 0.2) is 36.5 Å². The van der Waals surface area contributed by atoms with Gasteiger partial charge in [-0.3, -0.25) is 9.59 Å². The molecule has 0 aromatic heterocycles. The average Bonchev–Trinajstić information content (AvgIpc) is 3.35. The Labute approximate surface area is 430 Å². The first kappa shape index (κ1) is 67.1. The molecule has 1 amide bonds. The van der Waals surface area contributed by atoms with Crippen molar-refractivity contribution in [2.75, 3.05) is 13.2 Å². The van der Waals surface area contributed by atoms with Gasteiger partial charge >= 0.3 is 5.97 Å². The molecule has 0 aliphatic heterocycles. The number of aliphatic hydroxyl groups is 2. The van der Waals surface area contributed by atoms with Gasteiger partial charge < -0.3 is 20.3 Å². The summed E-state index contributed by atoms with van der Waals surface area (Å²) in [6.07, 6.45) is 73.2. The molecule has 0 spiro atoms. The van der Waals surface area contributed by atoms with Crippen molar-refractivity contribution in [1.29, 1.82) is 0 Å². The highest BCUT2D eigenvalue weighted by atomic mass is 16.5. The van der Waals surface area contributed by atoms with Crippen LogP contribution in [0, 0.1) is 0 Å². The van der Waals surface area contributed by atoms with E-state index in [0.29, 0.717) is 19.4 Å². The van der Waals surface area contributed by atoms with E-state index in [9.17, 15) is 19.8 Å². The van der Waals surface area contributed by atoms with Crippen LogP contribution in [0.25, 0.3) is 0 Å². The van der Waals surface area contributed by atoms with Gasteiger partial charge in [-0.25, -0.2) is 0 Å². The summed E-state index contributed by atoms with van der Waals surface area (Å²) in [6, 6.07) is -0.634. The monoisotopic (exact) mass is 970 g/mol. The van der Waals surface area contributed by atoms with Gasteiger partial charge in [0.05, 0.1) is 25.4 Å². The van der Waals surface area contributed by atoms with Crippen molar-refractivity contribution in [2.45, 2.75) is 341 Å². The number of nitrogens with one attached hydrogen (secondary N) is 1. The van der Waals surface area contributed by atoms with Crippen molar-refractivity contribution >= 4 is 11.9 Å². The van der Waals surface area contributed by atoms with E-state index in [-0.39, 0.29) is 18.5 Å². The second-order valence-electron chi connectivity index (χ2n) is 21.0. The van der Waals surface area contributed by atoms with E-state index >= 15 is 0 Å². The summed E-state index contributed by atoms with van der Waals surface area (Å²) in [7, 11) is 0. The zero-order valence-electron chi connectivity index (χ0n) is 46.3. The Morgan fingerprint density at radius 1 is 0.391 bits per heavy atom. The molecule has 0 aliphatic rings. The maximum Gasteiger partial charge on any atom is 0.305 e. The van der Waals surface area contributed by atoms with Gasteiger partial charge in [-0.05, 0) is 83.5 Å². The number of aliphatic hydroxyl groups excluding tert-OH is 2. The van der Waals surface area contributed by atoms with Crippen LogP contribution in [0.4, 0.5) is 0 Å². The van der Waals surface area contributed by atoms with Gasteiger partial charge in [0.1, 0.15) is 0 Å². The molecule has 2 atom stereocenters. The quantitative estimate of drug-likeness (QED) is 0.0321. The van der Waals surface area contributed by atoms with Gasteiger partial charge in [0.15, 0.2) is 0 Å². The Hall–Kier alpha value is -1.92. The summed E-state index contributed by atoms with van der Waals surface area (Å²) >= 11 is 0. The summed E-state index contributed by atoms with van der Waals surface area (Å²) in [4.78, 5) is 24.5. The normalized spacial score (nSPS) is 12.8. The minimum absolute atomic E-state index is 0.000182. The molecule has 0 heterocycles. The van der Waals surface area contributed by atoms with E-state index in [1.54, 1.807) is 6.08 Å². The topological polar surface area (TPSA) is 95.9 Å². The first-order chi connectivity index (χ1) is 34.0. The van der Waals surface area contributed by atoms with Gasteiger partial charge in [0.25, 0.3) is 0 Å². The summed E-state index contributed by atoms with van der Waals surface area (Å²) in [5.41, 5.74) is 0. The number of esters is 1. The molecular weight excluding hydrogens is 851 g/mol. The van der Waals surface area contributed by atoms with E-state index < -0.39 is 12.1 Å². The number of unbranched alkanes of at least 4 members (excludes halogenated alkanes) is 42. The SMILES string of the molecule is CCCCCCCCC/C=C\CCCCCCCC(=O)OCCCCCCCCCCCC/C=C\CCCCCCCCCC(=O)NC(CO)C(O)/C=C/CCCCCCCCCCCCCCC. The number of ether oxygens (including phenoxy) is 1. The number of carbonyl (C=O) groups excluding carboxylic acids is 2. The summed E-state index contributed by atoms with van der Waals surface area (Å²) < 4.78 is 5.48. The molecular formula is C63H119NO5. The molecule has 69 heavy (non-hydrogen) atoms. The Bertz CT molecular complexity index is 1120. The van der Waals surface area contributed by atoms with Crippen LogP contribution in [0.3, 0.4) is 0 Å². The van der Waals surface area contributed by atoms with Crippen LogP contribution in [0.2, 0.25) is 0 Å². The molecule has 0 aromatic rings. The lowest BCUT2D eigenvalue weighted by Gasteiger charge is -2.20. The standard InChI is InChI=1S/C63H119NO5/c1-3-5-7-9-11-13-15-17-19-29-33-37-41-45-49-53-57-63(68)69-58-54-50-46-42-38-34-30-26-24-22-20-21-23-25-28-32-36-40-44-48-52-56-62(67)64-60(59-65)61(66)55-51-47-43-39-35-31-27-18-16-14-12-10-8-6-4-2/h19,21,23,29,51,55,60-61,65-66H,3-18,20,22,24-28,30-50,52-54,56-59H2,1-2H3,(H,64,67)/b23-21-,29-19-,55-51+. The van der Waals surface area contributed by atoms with Gasteiger partial charge in [-0.15, -0.1) is 0 Å². The van der Waals surface area contributed by atoms with E-state index in [2.05, 4.69) is 43.5 Å². The van der Waals surface area contributed by atoms with Crippen LogP contribution < -0.4 is 5.32 Å². The molecule has 0 radical (unpaired) electrons. The van der Waals surface area contributed by atoms with Gasteiger partial charge in [0.2, 0.25) is 5.91 Å². The van der Waals surface area contributed by atoms with Crippen molar-refractivity contribution in [1.82, 2.24) is 5.32 Å². The number of hydrogen-bond acceptors (Lipinski definition) is 5. The third-order valence-electron chi connectivity index (χ3n) is 14.1. The molecule has 0 aromatic carbocycles. The maximum absolute atomic E-state index is 12.5. The van der Waals surface area contributed by atoms with Crippen LogP contribution >= 0.6 is 0 Å². The molecule has 0 aliphatic carbocycles. The zero-order valence-corrected chi connectivity index (χ0v) is 46.3. The molecule has 0 saturated heterocycles. The first-order valence-electron chi connectivity index (χ1n) is 30.8. The highest BCUT2D eigenvalue weighted by Crippen LogP contribution is 2.16. The maximum atomic E-state index is 12.5. The molecule has 6 heteroatoms. The Morgan fingerprint density at radius 3 is 1.03 bits per heavy atom. The summed E-state index contributed by atoms with van der Waals surface area (Å²) in [5, 5.41) is 23.1. The number of rotatable bonds is 57. The van der Waals surface area contributed by atoms with Gasteiger partial charge in [0, 0.05) is 12.8 Å². The van der Waals surface area contributed by atoms with Crippen molar-refractivity contribution in [3.63, 3.8) is 0 Å². The fourth-order valence-electron chi connectivity index (χ4n) is 9.39. The third kappa shape index (κ3) is 55.2. The van der Waals surface area contributed by atoms with Crippen LogP contribution in [0.1, 0.15) is 328 Å². The second kappa shape index (κ2) is 58.6. The minimum Gasteiger partial charge on any atom is -0.466 e. The average molecular weight is 971 g/mol. The van der Waals surface area contributed by atoms with Crippen molar-refractivity contribution < 1.29 is 24.5 Å². The zero-order chi connectivity index (χ0) is 50.0. The Kier molecular flexibility index (Phi) is 57.0. The smallest absolute Gasteiger partial charge is 0.305 e. The molecule has 0 fully saturated rings. The largest absolute Gasteiger partial charge is 0.466 e. The number of amides is 1. The number of allylic oxidation sites excluding steroid dienone is 5. The Balaban J connectivity index is 3.44. The fraction of sp³-hybridized carbons (Fsp3) is 0.873. The molecule has 0 bridgehead atoms. The van der Waals surface area contributed by atoms with Gasteiger partial charge in [-0.1, -0.05) is 269 Å². The Morgan fingerprint density at radius 2 is 0.681 bits per heavy atom. The van der Waals surface area contributed by atoms with Crippen LogP contribution in [0.5, 0.6) is 0 Å². The van der Waals surface area contributed by atoms with E-state index in [4.69, 9.17) is 4.74 Å². The number of carbonyl (C=O) groups is 2. The highest BCUT2D eigenvalue weighted by Gasteiger charge is 2.18. The summed E-state index contributed by atoms with van der Waals surface area (Å²) in [5.74, 6) is -0.0748. The first-order valence-corrected chi connectivity index (χ1v) is 30.8. The molecule has 3 N–H and O–H groups in total. The molecule has 2 unspecified atom stereocenters. The predicted octanol–water partition coefficient (Wildman–Crippen LogP) is 19.2. The van der Waals surface area contributed by atoms with E-state index in [1.165, 1.54) is 250 Å². The minimum atomic E-state index is -0.849. The van der Waals surface area contributed by atoms with E-state index in [1.807, 2.05) is 6.08 Å². The van der Waals surface area contributed by atoms with Crippen LogP contribution in [-0.4, -0.2) is 47.4 Å². The fourth-order valence-corrected chi connectivity index (χ4v) is 9.39. The van der Waals surface area contributed by atoms with Crippen molar-refractivity contribution in [2.24, 2.45) is 0 Å². The lowest BCUT2D eigenvalue weighted by Crippen LogP contribution is -2.45. The molecule has 406 valence electrons. The summed E-state index contributed by atoms with van der Waals surface area (Å²) in [6.45, 7) is 4.90. The van der Waals surface area contributed by atoms with Crippen molar-refractivity contribution in [3.05, 3.63) is 36.5 Å². The predicted molar refractivity (Wildman–Crippen MR) is 301 cm³/mol. The van der Waals surface area contributed by atoms with Crippen LogP contribution in [-0.2, 0) is 14.3 Å². The van der Waals surface area contributed by atoms with Crippen molar-refractivity contribution in [3.8, 4) is 0 Å². The third-order valence-corrected chi connectivity index (χ3v) is 14.1. The highest BCUT2D eigenvalue weighted by molar-refractivity contribution is 5.76. The lowest BCUT2D eigenvalue weighted by atomic mass is 10.0. The van der Waals surface area contributed by atoms with E-state index in [0.717, 1.165) is 51.4 Å². The lowest BCUT2D eigenvalue weighted by molar-refractivity contribution is -0.143.